The molecule has 0 radical (unpaired) electrons. The molecule has 6 aromatic rings. The Hall–Kier alpha value is -9.88. The van der Waals surface area contributed by atoms with E-state index in [9.17, 15) is 43.5 Å². The minimum Gasteiger partial charge on any atom is -0.506 e. The highest BCUT2D eigenvalue weighted by atomic mass is 16.5. The number of carbonyl (C=O) groups excluding carboxylic acids is 8. The van der Waals surface area contributed by atoms with Crippen LogP contribution in [0.4, 0.5) is 0 Å². The van der Waals surface area contributed by atoms with Crippen molar-refractivity contribution in [1.82, 2.24) is 63.0 Å². The third-order valence-corrected chi connectivity index (χ3v) is 16.2. The molecule has 2 aliphatic rings. The Morgan fingerprint density at radius 1 is 0.365 bits per heavy atom. The maximum absolute atomic E-state index is 14.8. The highest BCUT2D eigenvalue weighted by Gasteiger charge is 2.28. The lowest BCUT2D eigenvalue weighted by molar-refractivity contribution is 0.0911. The molecule has 0 saturated carbocycles. The number of phenols is 1. The summed E-state index contributed by atoms with van der Waals surface area (Å²) in [7, 11) is 0. The number of para-hydroxylation sites is 4. The fraction of sp³-hybridized carbons (Fsp3) is 0.389. The first-order chi connectivity index (χ1) is 46.8. The highest BCUT2D eigenvalue weighted by molar-refractivity contribution is 6.07. The molecular formula is C72H90N12O12. The first-order valence-corrected chi connectivity index (χ1v) is 33.2. The Morgan fingerprint density at radius 2 is 0.667 bits per heavy atom. The van der Waals surface area contributed by atoms with Gasteiger partial charge in [0.15, 0.2) is 0 Å². The van der Waals surface area contributed by atoms with Crippen LogP contribution in [0.5, 0.6) is 23.0 Å². The summed E-state index contributed by atoms with van der Waals surface area (Å²) < 4.78 is 19.3. The van der Waals surface area contributed by atoms with Crippen molar-refractivity contribution in [3.8, 4) is 23.0 Å². The standard InChI is InChI=1S/C72H90N12O12/c1-3-5-47-94-62-54-23-14-25-56(62)69(90)80-38-42-83(41-37-79-66(87)53-22-13-21-52(61(53)85)65(86)75-33-29-73-30-34-76-67(54)88)45-46-84-43-39-81-70(91)57-26-15-24-55(63(57)95-48-6-4-2)68(89)77-35-31-74-32-36-78-71(92)58-27-16-28-59(72(93)82-40-44-84)64(58)96-60(51-19-11-8-12-20-51)49-50-17-9-7-10-18-50/h7-28,60,73-74,85H,3-6,29-49H2,1-2H3,(H,75,86)(H,76,88)(H,77,89)(H,78,92)(H,79,87)(H,80,90)(H,81,91)(H,82,93). The van der Waals surface area contributed by atoms with Crippen molar-refractivity contribution in [2.75, 3.05) is 131 Å². The van der Waals surface area contributed by atoms with Crippen LogP contribution in [-0.2, 0) is 6.42 Å². The quantitative estimate of drug-likeness (QED) is 0.0577. The fourth-order valence-electron chi connectivity index (χ4n) is 10.9. The number of hydrogen-bond donors (Lipinski definition) is 11. The van der Waals surface area contributed by atoms with Crippen LogP contribution >= 0.6 is 0 Å². The van der Waals surface area contributed by atoms with Crippen LogP contribution in [0, 0.1) is 0 Å². The Kier molecular flexibility index (Phi) is 28.8. The van der Waals surface area contributed by atoms with Crippen molar-refractivity contribution in [1.29, 1.82) is 0 Å². The van der Waals surface area contributed by atoms with Gasteiger partial charge in [-0.1, -0.05) is 112 Å². The zero-order valence-electron chi connectivity index (χ0n) is 54.8. The summed E-state index contributed by atoms with van der Waals surface area (Å²) >= 11 is 0. The van der Waals surface area contributed by atoms with Crippen molar-refractivity contribution in [2.24, 2.45) is 0 Å². The van der Waals surface area contributed by atoms with Crippen LogP contribution in [0.1, 0.15) is 140 Å². The smallest absolute Gasteiger partial charge is 0.255 e. The molecule has 0 fully saturated rings. The van der Waals surface area contributed by atoms with Crippen LogP contribution in [-0.4, -0.2) is 193 Å². The molecule has 11 N–H and O–H groups in total. The number of ether oxygens (including phenoxy) is 3. The average molecular weight is 1320 g/mol. The van der Waals surface area contributed by atoms with Crippen LogP contribution in [0.2, 0.25) is 0 Å². The van der Waals surface area contributed by atoms with Gasteiger partial charge >= 0.3 is 0 Å². The number of rotatable bonds is 16. The number of amides is 8. The van der Waals surface area contributed by atoms with Gasteiger partial charge in [0.25, 0.3) is 47.3 Å². The number of nitrogens with one attached hydrogen (secondary N) is 10. The number of unbranched alkanes of at least 4 members (excludes halogenated alkanes) is 2. The molecule has 0 saturated heterocycles. The molecule has 0 spiro atoms. The second-order valence-corrected chi connectivity index (χ2v) is 23.1. The van der Waals surface area contributed by atoms with Crippen LogP contribution in [0.3, 0.4) is 0 Å². The Morgan fingerprint density at radius 3 is 1.01 bits per heavy atom. The predicted octanol–water partition coefficient (Wildman–Crippen LogP) is 4.86. The van der Waals surface area contributed by atoms with Crippen molar-refractivity contribution in [3.05, 3.63) is 189 Å². The summed E-state index contributed by atoms with van der Waals surface area (Å²) in [6.07, 6.45) is 2.78. The van der Waals surface area contributed by atoms with E-state index in [2.05, 4.69) is 53.2 Å². The van der Waals surface area contributed by atoms with Crippen molar-refractivity contribution < 1.29 is 57.7 Å². The van der Waals surface area contributed by atoms with Gasteiger partial charge in [0.05, 0.1) is 57.7 Å². The minimum atomic E-state index is -0.625. The summed E-state index contributed by atoms with van der Waals surface area (Å²) in [5.74, 6) is -4.10. The van der Waals surface area contributed by atoms with Gasteiger partial charge in [-0.15, -0.1) is 0 Å². The molecule has 8 bridgehead atoms. The molecule has 2 heterocycles. The Labute approximate surface area is 560 Å². The lowest BCUT2D eigenvalue weighted by atomic mass is 10.0. The van der Waals surface area contributed by atoms with Gasteiger partial charge in [-0.25, -0.2) is 0 Å². The molecule has 0 aromatic heterocycles. The third-order valence-electron chi connectivity index (χ3n) is 16.2. The topological polar surface area (TPSA) is 311 Å². The summed E-state index contributed by atoms with van der Waals surface area (Å²) in [6, 6.07) is 38.3. The number of nitrogens with zero attached hydrogens (tertiary/aromatic N) is 2. The molecule has 1 atom stereocenters. The lowest BCUT2D eigenvalue weighted by Gasteiger charge is -2.28. The summed E-state index contributed by atoms with van der Waals surface area (Å²) in [6.45, 7) is 8.63. The fourth-order valence-corrected chi connectivity index (χ4v) is 10.9. The first kappa shape index (κ1) is 72.0. The number of carbonyl (C=O) groups is 8. The second kappa shape index (κ2) is 38.5. The van der Waals surface area contributed by atoms with Gasteiger partial charge in [-0.05, 0) is 72.5 Å². The summed E-state index contributed by atoms with van der Waals surface area (Å²) in [4.78, 5) is 116. The van der Waals surface area contributed by atoms with Gasteiger partial charge in [0, 0.05) is 124 Å². The lowest BCUT2D eigenvalue weighted by Crippen LogP contribution is -2.46. The number of aromatic hydroxyl groups is 1. The molecule has 1 unspecified atom stereocenters. The first-order valence-electron chi connectivity index (χ1n) is 33.2. The van der Waals surface area contributed by atoms with E-state index in [4.69, 9.17) is 14.2 Å². The molecule has 0 aliphatic carbocycles. The Balaban J connectivity index is 1.09. The molecule has 6 aromatic carbocycles. The SMILES string of the molecule is CCCCOc1c2cccc1C(=O)NCCN(CCN1CCNC(=O)c3cccc(c3OCCCC)C(=O)NCCNCCNC(=O)c3cccc(c3OC(Cc3ccccc3)c3ccccc3)C(=O)NCC1)CCNC(=O)c1cccc(c1O)C(=O)NCCNCCNC2=O. The molecule has 24 heteroatoms. The van der Waals surface area contributed by atoms with Gasteiger partial charge in [0.1, 0.15) is 29.1 Å². The molecule has 8 rings (SSSR count). The highest BCUT2D eigenvalue weighted by Crippen LogP contribution is 2.33. The molecular weight excluding hydrogens is 1220 g/mol. The van der Waals surface area contributed by atoms with E-state index < -0.39 is 59.1 Å². The zero-order valence-corrected chi connectivity index (χ0v) is 54.8. The van der Waals surface area contributed by atoms with Crippen molar-refractivity contribution in [2.45, 2.75) is 52.1 Å². The Bertz CT molecular complexity index is 3580. The molecule has 96 heavy (non-hydrogen) atoms. The number of benzene rings is 6. The summed E-state index contributed by atoms with van der Waals surface area (Å²) in [5.41, 5.74) is 2.61. The number of phenolic OH excluding ortho intramolecular Hbond substituents is 1. The van der Waals surface area contributed by atoms with Crippen LogP contribution < -0.4 is 67.4 Å². The maximum atomic E-state index is 14.8. The minimum absolute atomic E-state index is 0.0571. The molecule has 24 nitrogen and oxygen atoms in total. The van der Waals surface area contributed by atoms with E-state index in [1.807, 2.05) is 84.3 Å². The maximum Gasteiger partial charge on any atom is 0.255 e. The van der Waals surface area contributed by atoms with Gasteiger partial charge in [-0.3, -0.25) is 48.2 Å². The van der Waals surface area contributed by atoms with E-state index in [1.54, 1.807) is 54.6 Å². The average Bonchev–Trinajstić information content (AvgIpc) is 0.915. The van der Waals surface area contributed by atoms with Gasteiger partial charge in [0.2, 0.25) is 0 Å². The van der Waals surface area contributed by atoms with E-state index in [1.165, 1.54) is 18.2 Å². The molecule has 2 aliphatic heterocycles. The van der Waals surface area contributed by atoms with E-state index >= 15 is 0 Å². The normalized spacial score (nSPS) is 16.6. The summed E-state index contributed by atoms with van der Waals surface area (Å²) in [5, 5.41) is 41.2. The number of hydrogen-bond acceptors (Lipinski definition) is 16. The van der Waals surface area contributed by atoms with Crippen molar-refractivity contribution in [3.63, 3.8) is 0 Å². The van der Waals surface area contributed by atoms with E-state index in [0.717, 1.165) is 24.0 Å². The molecule has 510 valence electrons. The monoisotopic (exact) mass is 1310 g/mol. The van der Waals surface area contributed by atoms with Gasteiger partial charge in [-0.2, -0.15) is 0 Å². The molecule has 8 amide bonds. The van der Waals surface area contributed by atoms with Crippen LogP contribution in [0.25, 0.3) is 0 Å². The van der Waals surface area contributed by atoms with Crippen molar-refractivity contribution >= 4 is 47.3 Å². The second-order valence-electron chi connectivity index (χ2n) is 23.1. The zero-order chi connectivity index (χ0) is 67.9. The predicted molar refractivity (Wildman–Crippen MR) is 365 cm³/mol. The van der Waals surface area contributed by atoms with Gasteiger partial charge < -0.3 is 72.5 Å². The largest absolute Gasteiger partial charge is 0.506 e. The van der Waals surface area contributed by atoms with E-state index in [0.29, 0.717) is 58.5 Å². The van der Waals surface area contributed by atoms with E-state index in [-0.39, 0.29) is 154 Å². The van der Waals surface area contributed by atoms with Crippen LogP contribution in [0.15, 0.2) is 133 Å². The number of fused-ring (bicyclic) bond motifs is 8. The third kappa shape index (κ3) is 21.3.